The molecule has 1 atom stereocenters. The fourth-order valence-electron chi connectivity index (χ4n) is 4.36. The highest BCUT2D eigenvalue weighted by atomic mass is 35.5. The molecule has 3 aliphatic heterocycles. The maximum absolute atomic E-state index is 13.0. The number of carbonyl (C=O) groups excluding carboxylic acids is 1. The number of anilines is 1. The molecule has 8 heteroatoms. The molecule has 1 spiro atoms. The summed E-state index contributed by atoms with van der Waals surface area (Å²) in [6, 6.07) is 5.31. The molecule has 0 radical (unpaired) electrons. The molecular weight excluding hydrogens is 366 g/mol. The van der Waals surface area contributed by atoms with E-state index in [4.69, 9.17) is 17.0 Å². The van der Waals surface area contributed by atoms with Gasteiger partial charge in [0.15, 0.2) is 0 Å². The number of benzene rings is 1. The van der Waals surface area contributed by atoms with Gasteiger partial charge in [-0.2, -0.15) is 0 Å². The number of likely N-dealkylation sites (tertiary alicyclic amines) is 2. The molecule has 2 amide bonds. The van der Waals surface area contributed by atoms with Crippen LogP contribution in [-0.4, -0.2) is 72.3 Å². The molecule has 0 aromatic heterocycles. The first kappa shape index (κ1) is 18.3. The predicted octanol–water partition coefficient (Wildman–Crippen LogP) is 2.39. The molecule has 2 N–H and O–H groups in total. The summed E-state index contributed by atoms with van der Waals surface area (Å²) in [4.78, 5) is 23.1. The molecule has 1 aromatic carbocycles. The topological polar surface area (TPSA) is 83.2 Å². The van der Waals surface area contributed by atoms with Crippen LogP contribution in [-0.2, 0) is 0 Å². The minimum Gasteiger partial charge on any atom is -0.388 e. The van der Waals surface area contributed by atoms with E-state index in [-0.39, 0.29) is 11.4 Å². The SMILES string of the molecule is CC/N=C(\C=N)N1CC2(CN(C(=O)N3CC[C@@H](O)c4cc(Cl)ccc43)C2)C1. The highest BCUT2D eigenvalue weighted by Crippen LogP contribution is 2.42. The lowest BCUT2D eigenvalue weighted by molar-refractivity contribution is -0.0612. The average molecular weight is 390 g/mol. The van der Waals surface area contributed by atoms with Crippen LogP contribution in [0.15, 0.2) is 23.2 Å². The Bertz CT molecular complexity index is 797. The second-order valence-electron chi connectivity index (χ2n) is 7.63. The van der Waals surface area contributed by atoms with Crippen LogP contribution in [0.3, 0.4) is 0 Å². The summed E-state index contributed by atoms with van der Waals surface area (Å²) >= 11 is 6.05. The monoisotopic (exact) mass is 389 g/mol. The molecule has 3 heterocycles. The lowest BCUT2D eigenvalue weighted by Gasteiger charge is -2.61. The smallest absolute Gasteiger partial charge is 0.324 e. The number of hydrogen-bond acceptors (Lipinski definition) is 4. The molecule has 3 aliphatic rings. The third-order valence-corrected chi connectivity index (χ3v) is 5.88. The van der Waals surface area contributed by atoms with Gasteiger partial charge in [-0.1, -0.05) is 11.6 Å². The van der Waals surface area contributed by atoms with E-state index in [1.807, 2.05) is 17.9 Å². The number of amides is 2. The molecular formula is C19H24ClN5O2. The number of carbonyl (C=O) groups is 1. The molecule has 0 aliphatic carbocycles. The molecule has 2 fully saturated rings. The Kier molecular flexibility index (Phi) is 4.60. The van der Waals surface area contributed by atoms with Crippen molar-refractivity contribution in [1.29, 1.82) is 5.41 Å². The Balaban J connectivity index is 1.40. The van der Waals surface area contributed by atoms with E-state index in [1.165, 1.54) is 6.21 Å². The zero-order valence-corrected chi connectivity index (χ0v) is 16.1. The summed E-state index contributed by atoms with van der Waals surface area (Å²) < 4.78 is 0. The van der Waals surface area contributed by atoms with Crippen molar-refractivity contribution in [3.8, 4) is 0 Å². The van der Waals surface area contributed by atoms with Crippen molar-refractivity contribution in [3.05, 3.63) is 28.8 Å². The highest BCUT2D eigenvalue weighted by molar-refractivity contribution is 6.30. The summed E-state index contributed by atoms with van der Waals surface area (Å²) in [6.45, 7) is 6.27. The summed E-state index contributed by atoms with van der Waals surface area (Å²) in [6.07, 6.45) is 1.24. The first-order chi connectivity index (χ1) is 13.0. The number of aliphatic hydroxyl groups is 1. The number of hydrogen-bond donors (Lipinski definition) is 2. The summed E-state index contributed by atoms with van der Waals surface area (Å²) in [5.74, 6) is 0.726. The normalized spacial score (nSPS) is 23.6. The number of nitrogens with zero attached hydrogens (tertiary/aromatic N) is 4. The van der Waals surface area contributed by atoms with E-state index in [9.17, 15) is 9.90 Å². The number of amidine groups is 1. The van der Waals surface area contributed by atoms with E-state index >= 15 is 0 Å². The number of fused-ring (bicyclic) bond motifs is 1. The Morgan fingerprint density at radius 2 is 2.07 bits per heavy atom. The van der Waals surface area contributed by atoms with Crippen LogP contribution in [0, 0.1) is 10.8 Å². The molecule has 4 rings (SSSR count). The minimum atomic E-state index is -0.580. The quantitative estimate of drug-likeness (QED) is 0.601. The van der Waals surface area contributed by atoms with Crippen LogP contribution in [0.25, 0.3) is 0 Å². The average Bonchev–Trinajstić information content (AvgIpc) is 2.58. The van der Waals surface area contributed by atoms with Crippen LogP contribution in [0.5, 0.6) is 0 Å². The zero-order valence-electron chi connectivity index (χ0n) is 15.4. The van der Waals surface area contributed by atoms with Crippen LogP contribution in [0.1, 0.15) is 25.0 Å². The van der Waals surface area contributed by atoms with Crippen molar-refractivity contribution in [1.82, 2.24) is 9.80 Å². The molecule has 0 unspecified atom stereocenters. The predicted molar refractivity (Wildman–Crippen MR) is 106 cm³/mol. The van der Waals surface area contributed by atoms with Gasteiger partial charge in [0.05, 0.1) is 18.0 Å². The van der Waals surface area contributed by atoms with Gasteiger partial charge in [0.25, 0.3) is 0 Å². The van der Waals surface area contributed by atoms with Gasteiger partial charge in [-0.15, -0.1) is 0 Å². The third-order valence-electron chi connectivity index (χ3n) is 5.65. The lowest BCUT2D eigenvalue weighted by Crippen LogP contribution is -2.74. The molecule has 27 heavy (non-hydrogen) atoms. The molecule has 2 saturated heterocycles. The molecule has 1 aromatic rings. The van der Waals surface area contributed by atoms with Crippen molar-refractivity contribution in [2.75, 3.05) is 44.2 Å². The largest absolute Gasteiger partial charge is 0.388 e. The number of halogens is 1. The van der Waals surface area contributed by atoms with Gasteiger partial charge < -0.3 is 20.3 Å². The van der Waals surface area contributed by atoms with E-state index in [0.29, 0.717) is 24.5 Å². The Labute approximate surface area is 163 Å². The van der Waals surface area contributed by atoms with E-state index in [1.54, 1.807) is 17.0 Å². The zero-order chi connectivity index (χ0) is 19.2. The maximum atomic E-state index is 13.0. The number of aliphatic hydroxyl groups excluding tert-OH is 1. The van der Waals surface area contributed by atoms with Gasteiger partial charge >= 0.3 is 6.03 Å². The van der Waals surface area contributed by atoms with E-state index in [0.717, 1.165) is 43.3 Å². The Morgan fingerprint density at radius 1 is 1.37 bits per heavy atom. The second kappa shape index (κ2) is 6.80. The third kappa shape index (κ3) is 3.08. The van der Waals surface area contributed by atoms with Crippen molar-refractivity contribution in [2.45, 2.75) is 19.4 Å². The number of urea groups is 1. The Morgan fingerprint density at radius 3 is 2.74 bits per heavy atom. The maximum Gasteiger partial charge on any atom is 0.324 e. The van der Waals surface area contributed by atoms with Crippen LogP contribution in [0.2, 0.25) is 5.02 Å². The Hall–Kier alpha value is -2.12. The van der Waals surface area contributed by atoms with Crippen molar-refractivity contribution in [3.63, 3.8) is 0 Å². The molecule has 7 nitrogen and oxygen atoms in total. The summed E-state index contributed by atoms with van der Waals surface area (Å²) in [7, 11) is 0. The number of aliphatic imine (C=N–C) groups is 1. The molecule has 0 bridgehead atoms. The fourth-order valence-corrected chi connectivity index (χ4v) is 4.54. The molecule has 0 saturated carbocycles. The van der Waals surface area contributed by atoms with Crippen molar-refractivity contribution >= 4 is 35.4 Å². The number of nitrogens with one attached hydrogen (secondary N) is 1. The highest BCUT2D eigenvalue weighted by Gasteiger charge is 2.54. The van der Waals surface area contributed by atoms with Gasteiger partial charge in [0.2, 0.25) is 0 Å². The van der Waals surface area contributed by atoms with E-state index < -0.39 is 6.10 Å². The number of rotatable bonds is 2. The van der Waals surface area contributed by atoms with Gasteiger partial charge in [0.1, 0.15) is 5.84 Å². The first-order valence-electron chi connectivity index (χ1n) is 9.30. The van der Waals surface area contributed by atoms with Crippen LogP contribution >= 0.6 is 11.6 Å². The van der Waals surface area contributed by atoms with Gasteiger partial charge in [-0.25, -0.2) is 4.79 Å². The van der Waals surface area contributed by atoms with Crippen molar-refractivity contribution < 1.29 is 9.90 Å². The second-order valence-corrected chi connectivity index (χ2v) is 8.07. The first-order valence-corrected chi connectivity index (χ1v) is 9.68. The lowest BCUT2D eigenvalue weighted by atomic mass is 9.73. The van der Waals surface area contributed by atoms with Crippen LogP contribution < -0.4 is 4.90 Å². The summed E-state index contributed by atoms with van der Waals surface area (Å²) in [5, 5.41) is 18.3. The van der Waals surface area contributed by atoms with Crippen molar-refractivity contribution in [2.24, 2.45) is 10.4 Å². The van der Waals surface area contributed by atoms with Crippen LogP contribution in [0.4, 0.5) is 10.5 Å². The van der Waals surface area contributed by atoms with E-state index in [2.05, 4.69) is 9.89 Å². The van der Waals surface area contributed by atoms with Gasteiger partial charge in [0, 0.05) is 55.3 Å². The van der Waals surface area contributed by atoms with Gasteiger partial charge in [-0.05, 0) is 31.5 Å². The van der Waals surface area contributed by atoms with Gasteiger partial charge in [-0.3, -0.25) is 9.89 Å². The minimum absolute atomic E-state index is 0.0101. The molecule has 144 valence electrons. The fraction of sp³-hybridized carbons (Fsp3) is 0.526. The summed E-state index contributed by atoms with van der Waals surface area (Å²) in [5.41, 5.74) is 1.60. The standard InChI is InChI=1S/C19H24ClN5O2/c1-2-22-17(8-21)23-9-19(10-23)11-24(12-19)18(27)25-6-5-16(26)14-7-13(20)3-4-15(14)25/h3-4,7-8,16,21,26H,2,5-6,9-12H2,1H3/b21-8?,22-17+/t16-/m1/s1.